The molecule has 0 aromatic heterocycles. The Bertz CT molecular complexity index is 394. The van der Waals surface area contributed by atoms with Gasteiger partial charge in [0.1, 0.15) is 0 Å². The van der Waals surface area contributed by atoms with E-state index in [9.17, 15) is 13.2 Å². The Morgan fingerprint density at radius 1 is 1.69 bits per heavy atom. The fourth-order valence-electron chi connectivity index (χ4n) is 0.744. The molecule has 5 nitrogen and oxygen atoms in total. The Labute approximate surface area is 80.1 Å². The van der Waals surface area contributed by atoms with Gasteiger partial charge in [-0.2, -0.15) is 12.8 Å². The maximum atomic E-state index is 11.2. The summed E-state index contributed by atoms with van der Waals surface area (Å²) < 4.78 is 25.0. The zero-order chi connectivity index (χ0) is 10.1. The minimum Gasteiger partial charge on any atom is -0.387 e. The standard InChI is InChI=1S/C6H8N2O3S2/c1-2-12-6(9)4-3-8-13(10,11)5(4)7/h3H,2,7H2,1H3. The van der Waals surface area contributed by atoms with Gasteiger partial charge in [0.25, 0.3) is 10.0 Å². The molecule has 0 radical (unpaired) electrons. The van der Waals surface area contributed by atoms with Crippen LogP contribution in [0, 0.1) is 0 Å². The first-order chi connectivity index (χ1) is 5.99. The number of hydrogen-bond acceptors (Lipinski definition) is 5. The molecule has 0 amide bonds. The average molecular weight is 220 g/mol. The van der Waals surface area contributed by atoms with Gasteiger partial charge in [-0.3, -0.25) is 4.79 Å². The molecule has 13 heavy (non-hydrogen) atoms. The summed E-state index contributed by atoms with van der Waals surface area (Å²) in [6.45, 7) is 1.79. The van der Waals surface area contributed by atoms with Crippen molar-refractivity contribution in [1.29, 1.82) is 0 Å². The highest BCUT2D eigenvalue weighted by Gasteiger charge is 2.26. The lowest BCUT2D eigenvalue weighted by Gasteiger charge is -1.96. The first kappa shape index (κ1) is 10.3. The third kappa shape index (κ3) is 1.92. The molecule has 1 aliphatic heterocycles. The van der Waals surface area contributed by atoms with Gasteiger partial charge >= 0.3 is 0 Å². The number of hydrogen-bond donors (Lipinski definition) is 1. The second kappa shape index (κ2) is 3.51. The van der Waals surface area contributed by atoms with Crippen LogP contribution in [0.4, 0.5) is 0 Å². The number of nitrogens with two attached hydrogens (primary N) is 1. The van der Waals surface area contributed by atoms with Crippen molar-refractivity contribution in [1.82, 2.24) is 0 Å². The minimum atomic E-state index is -3.74. The average Bonchev–Trinajstić information content (AvgIpc) is 2.28. The van der Waals surface area contributed by atoms with E-state index in [1.165, 1.54) is 0 Å². The first-order valence-corrected chi connectivity index (χ1v) is 5.89. The Morgan fingerprint density at radius 2 is 2.31 bits per heavy atom. The van der Waals surface area contributed by atoms with Crippen LogP contribution in [-0.4, -0.2) is 25.5 Å². The van der Waals surface area contributed by atoms with Gasteiger partial charge in [-0.1, -0.05) is 18.7 Å². The van der Waals surface area contributed by atoms with Gasteiger partial charge in [0.2, 0.25) is 5.12 Å². The molecule has 0 saturated carbocycles. The topological polar surface area (TPSA) is 89.6 Å². The van der Waals surface area contributed by atoms with Gasteiger partial charge in [-0.15, -0.1) is 0 Å². The van der Waals surface area contributed by atoms with Gasteiger partial charge in [-0.05, 0) is 5.75 Å². The van der Waals surface area contributed by atoms with E-state index in [2.05, 4.69) is 4.40 Å². The van der Waals surface area contributed by atoms with Crippen LogP contribution in [-0.2, 0) is 14.8 Å². The lowest BCUT2D eigenvalue weighted by molar-refractivity contribution is -0.107. The molecule has 0 aromatic carbocycles. The first-order valence-electron chi connectivity index (χ1n) is 3.46. The summed E-state index contributed by atoms with van der Waals surface area (Å²) in [6, 6.07) is 0. The highest BCUT2D eigenvalue weighted by molar-refractivity contribution is 8.14. The Morgan fingerprint density at radius 3 is 2.69 bits per heavy atom. The van der Waals surface area contributed by atoms with Crippen molar-refractivity contribution in [2.24, 2.45) is 10.1 Å². The molecule has 1 heterocycles. The molecular weight excluding hydrogens is 212 g/mol. The van der Waals surface area contributed by atoms with Crippen molar-refractivity contribution in [2.45, 2.75) is 6.92 Å². The van der Waals surface area contributed by atoms with E-state index in [1.54, 1.807) is 6.92 Å². The summed E-state index contributed by atoms with van der Waals surface area (Å²) >= 11 is 1.00. The molecule has 0 unspecified atom stereocenters. The molecule has 1 aliphatic rings. The zero-order valence-corrected chi connectivity index (χ0v) is 8.48. The van der Waals surface area contributed by atoms with Crippen molar-refractivity contribution in [2.75, 3.05) is 5.75 Å². The number of carbonyl (C=O) groups is 1. The fraction of sp³-hybridized carbons (Fsp3) is 0.333. The smallest absolute Gasteiger partial charge is 0.298 e. The molecule has 7 heteroatoms. The quantitative estimate of drug-likeness (QED) is 0.699. The van der Waals surface area contributed by atoms with Crippen LogP contribution in [0.3, 0.4) is 0 Å². The van der Waals surface area contributed by atoms with E-state index >= 15 is 0 Å². The maximum absolute atomic E-state index is 11.2. The van der Waals surface area contributed by atoms with Gasteiger partial charge in [0, 0.05) is 0 Å². The summed E-state index contributed by atoms with van der Waals surface area (Å²) in [5.74, 6) is 0.573. The van der Waals surface area contributed by atoms with E-state index in [0.29, 0.717) is 5.75 Å². The molecular formula is C6H8N2O3S2. The van der Waals surface area contributed by atoms with Crippen molar-refractivity contribution in [3.63, 3.8) is 0 Å². The van der Waals surface area contributed by atoms with Crippen LogP contribution >= 0.6 is 11.8 Å². The summed E-state index contributed by atoms with van der Waals surface area (Å²) in [6.07, 6.45) is 0.996. The molecule has 72 valence electrons. The second-order valence-corrected chi connectivity index (χ2v) is 5.05. The highest BCUT2D eigenvalue weighted by atomic mass is 32.2. The monoisotopic (exact) mass is 220 g/mol. The molecule has 1 rings (SSSR count). The summed E-state index contributed by atoms with van der Waals surface area (Å²) in [5.41, 5.74) is 5.20. The van der Waals surface area contributed by atoms with Gasteiger partial charge in [0.05, 0.1) is 11.8 Å². The summed E-state index contributed by atoms with van der Waals surface area (Å²) in [5, 5.41) is -0.803. The normalized spacial score (nSPS) is 19.5. The molecule has 0 saturated heterocycles. The Balaban J connectivity index is 3.03. The minimum absolute atomic E-state index is 0.0214. The SMILES string of the molecule is CCSC(=O)C1=C(N)S(=O)(=O)N=C1. The fourth-order valence-corrected chi connectivity index (χ4v) is 2.17. The van der Waals surface area contributed by atoms with Crippen molar-refractivity contribution >= 4 is 33.1 Å². The highest BCUT2D eigenvalue weighted by Crippen LogP contribution is 2.19. The molecule has 2 N–H and O–H groups in total. The molecule has 0 aliphatic carbocycles. The lowest BCUT2D eigenvalue weighted by atomic mass is 10.3. The Kier molecular flexibility index (Phi) is 2.77. The van der Waals surface area contributed by atoms with Gasteiger partial charge in [0.15, 0.2) is 5.03 Å². The number of carbonyl (C=O) groups excluding carboxylic acids is 1. The molecule has 0 spiro atoms. The van der Waals surface area contributed by atoms with Crippen LogP contribution in [0.25, 0.3) is 0 Å². The third-order valence-electron chi connectivity index (χ3n) is 1.36. The molecule has 0 atom stereocenters. The van der Waals surface area contributed by atoms with Crippen molar-refractivity contribution in [3.05, 3.63) is 10.6 Å². The van der Waals surface area contributed by atoms with E-state index in [4.69, 9.17) is 5.73 Å². The predicted octanol–water partition coefficient (Wildman–Crippen LogP) is -0.149. The van der Waals surface area contributed by atoms with Crippen LogP contribution in [0.15, 0.2) is 15.0 Å². The van der Waals surface area contributed by atoms with E-state index < -0.39 is 15.1 Å². The molecule has 0 aromatic rings. The van der Waals surface area contributed by atoms with Crippen LogP contribution < -0.4 is 5.73 Å². The van der Waals surface area contributed by atoms with Crippen molar-refractivity contribution < 1.29 is 13.2 Å². The van der Waals surface area contributed by atoms with Gasteiger partial charge in [-0.25, -0.2) is 0 Å². The number of nitrogens with zero attached hydrogens (tertiary/aromatic N) is 1. The third-order valence-corrected chi connectivity index (χ3v) is 3.29. The predicted molar refractivity (Wildman–Crippen MR) is 51.8 cm³/mol. The number of thioether (sulfide) groups is 1. The Hall–Kier alpha value is -0.820. The van der Waals surface area contributed by atoms with Crippen molar-refractivity contribution in [3.8, 4) is 0 Å². The maximum Gasteiger partial charge on any atom is 0.298 e. The van der Waals surface area contributed by atoms with E-state index in [0.717, 1.165) is 18.0 Å². The van der Waals surface area contributed by atoms with E-state index in [1.807, 2.05) is 0 Å². The van der Waals surface area contributed by atoms with Gasteiger partial charge < -0.3 is 5.73 Å². The zero-order valence-electron chi connectivity index (χ0n) is 6.85. The summed E-state index contributed by atoms with van der Waals surface area (Å²) in [4.78, 5) is 11.2. The largest absolute Gasteiger partial charge is 0.387 e. The summed E-state index contributed by atoms with van der Waals surface area (Å²) in [7, 11) is -3.74. The lowest BCUT2D eigenvalue weighted by Crippen LogP contribution is -2.11. The number of sulfonamides is 1. The van der Waals surface area contributed by atoms with Crippen LogP contribution in [0.2, 0.25) is 0 Å². The van der Waals surface area contributed by atoms with Crippen LogP contribution in [0.1, 0.15) is 6.92 Å². The van der Waals surface area contributed by atoms with E-state index in [-0.39, 0.29) is 10.7 Å². The second-order valence-electron chi connectivity index (χ2n) is 2.21. The molecule has 0 fully saturated rings. The molecule has 0 bridgehead atoms. The number of rotatable bonds is 2. The van der Waals surface area contributed by atoms with Crippen LogP contribution in [0.5, 0.6) is 0 Å².